The molecule has 5 nitrogen and oxygen atoms in total. The Hall–Kier alpha value is -0.0400. The van der Waals surface area contributed by atoms with Crippen molar-refractivity contribution in [1.82, 2.24) is 0 Å². The SMILES string of the molecule is CC(C)CCCCCCCCCCCCCNc1ccc(C(=O)O)c(C(=O)O)c1.[H-].[H-].[Na+].[Na+]. The fourth-order valence-electron chi connectivity index (χ4n) is 3.52. The van der Waals surface area contributed by atoms with E-state index in [1.807, 2.05) is 0 Å². The van der Waals surface area contributed by atoms with Crippen LogP contribution in [0.1, 0.15) is 114 Å². The molecule has 0 spiro atoms. The number of carbonyl (C=O) groups is 2. The van der Waals surface area contributed by atoms with Crippen LogP contribution in [0.25, 0.3) is 0 Å². The Morgan fingerprint density at radius 3 is 1.68 bits per heavy atom. The zero-order valence-corrected chi connectivity index (χ0v) is 24.2. The molecule has 0 saturated carbocycles. The maximum absolute atomic E-state index is 11.2. The molecule has 3 N–H and O–H groups in total. The molecule has 0 fully saturated rings. The number of benzene rings is 1. The molecular formula is C24H41NNa2O4. The van der Waals surface area contributed by atoms with Crippen molar-refractivity contribution in [3.8, 4) is 0 Å². The molecule has 1 aromatic carbocycles. The van der Waals surface area contributed by atoms with E-state index in [4.69, 9.17) is 10.2 Å². The predicted octanol–water partition coefficient (Wildman–Crippen LogP) is 1.07. The number of aromatic carboxylic acids is 2. The molecule has 0 amide bonds. The Kier molecular flexibility index (Phi) is 22.0. The standard InChI is InChI=1S/C24H39NO4.2Na.2H/c1-19(2)14-12-10-8-6-4-3-5-7-9-11-13-17-25-20-15-16-21(23(26)27)22(18-20)24(28)29;;;;/h15-16,18-19,25H,3-14,17H2,1-2H3,(H,26,27)(H,28,29);;;;/q;2*+1;2*-1. The molecule has 0 aliphatic heterocycles. The van der Waals surface area contributed by atoms with Crippen molar-refractivity contribution in [1.29, 1.82) is 0 Å². The molecule has 0 aliphatic rings. The van der Waals surface area contributed by atoms with Crippen LogP contribution >= 0.6 is 0 Å². The van der Waals surface area contributed by atoms with Crippen molar-refractivity contribution in [3.63, 3.8) is 0 Å². The molecule has 1 aromatic rings. The average Bonchev–Trinajstić information content (AvgIpc) is 2.67. The van der Waals surface area contributed by atoms with Gasteiger partial charge in [-0.2, -0.15) is 0 Å². The molecule has 0 aromatic heterocycles. The van der Waals surface area contributed by atoms with Gasteiger partial charge in [-0.05, 0) is 30.5 Å². The first kappa shape index (κ1) is 33.1. The smallest absolute Gasteiger partial charge is 1.00 e. The molecule has 0 atom stereocenters. The first-order chi connectivity index (χ1) is 13.9. The van der Waals surface area contributed by atoms with Gasteiger partial charge in [0, 0.05) is 12.2 Å². The first-order valence-electron chi connectivity index (χ1n) is 11.3. The van der Waals surface area contributed by atoms with Gasteiger partial charge in [0.25, 0.3) is 0 Å². The van der Waals surface area contributed by atoms with E-state index in [1.165, 1.54) is 76.3 Å². The van der Waals surface area contributed by atoms with Gasteiger partial charge in [0.2, 0.25) is 0 Å². The minimum Gasteiger partial charge on any atom is -1.00 e. The zero-order chi connectivity index (χ0) is 21.5. The topological polar surface area (TPSA) is 86.6 Å². The Balaban J connectivity index is -0.00000105. The van der Waals surface area contributed by atoms with Crippen LogP contribution in [0.4, 0.5) is 5.69 Å². The van der Waals surface area contributed by atoms with Crippen LogP contribution in [0.2, 0.25) is 0 Å². The summed E-state index contributed by atoms with van der Waals surface area (Å²) in [5, 5.41) is 21.4. The Labute approximate surface area is 235 Å². The maximum Gasteiger partial charge on any atom is 1.00 e. The van der Waals surface area contributed by atoms with E-state index in [2.05, 4.69) is 19.2 Å². The van der Waals surface area contributed by atoms with Gasteiger partial charge in [0.1, 0.15) is 0 Å². The van der Waals surface area contributed by atoms with Crippen LogP contribution in [0.15, 0.2) is 18.2 Å². The van der Waals surface area contributed by atoms with Crippen molar-refractivity contribution in [2.45, 2.75) is 90.9 Å². The van der Waals surface area contributed by atoms with Crippen LogP contribution < -0.4 is 64.4 Å². The molecule has 0 aliphatic carbocycles. The normalized spacial score (nSPS) is 10.3. The Bertz CT molecular complexity index is 634. The summed E-state index contributed by atoms with van der Waals surface area (Å²) in [6.45, 7) is 5.36. The molecule has 0 radical (unpaired) electrons. The van der Waals surface area contributed by atoms with Gasteiger partial charge in [-0.3, -0.25) is 0 Å². The van der Waals surface area contributed by atoms with E-state index < -0.39 is 11.9 Å². The predicted molar refractivity (Wildman–Crippen MR) is 121 cm³/mol. The van der Waals surface area contributed by atoms with Crippen LogP contribution in [-0.2, 0) is 0 Å². The number of carboxylic acid groups (broad SMARTS) is 2. The van der Waals surface area contributed by atoms with Gasteiger partial charge >= 0.3 is 71.1 Å². The van der Waals surface area contributed by atoms with Crippen molar-refractivity contribution >= 4 is 17.6 Å². The van der Waals surface area contributed by atoms with E-state index in [1.54, 1.807) is 6.07 Å². The van der Waals surface area contributed by atoms with Gasteiger partial charge in [0.05, 0.1) is 11.1 Å². The molecule has 0 saturated heterocycles. The number of unbranched alkanes of at least 4 members (excludes halogenated alkanes) is 10. The van der Waals surface area contributed by atoms with Crippen molar-refractivity contribution in [2.24, 2.45) is 5.92 Å². The monoisotopic (exact) mass is 453 g/mol. The number of carboxylic acids is 2. The second kappa shape index (κ2) is 20.6. The Morgan fingerprint density at radius 1 is 0.774 bits per heavy atom. The minimum atomic E-state index is -1.22. The number of anilines is 1. The van der Waals surface area contributed by atoms with Gasteiger partial charge < -0.3 is 18.4 Å². The quantitative estimate of drug-likeness (QED) is 0.243. The molecule has 1 rings (SSSR count). The third-order valence-electron chi connectivity index (χ3n) is 5.27. The summed E-state index contributed by atoms with van der Waals surface area (Å²) in [7, 11) is 0. The van der Waals surface area contributed by atoms with Gasteiger partial charge in [0.15, 0.2) is 0 Å². The molecule has 0 heterocycles. The van der Waals surface area contributed by atoms with E-state index >= 15 is 0 Å². The molecule has 31 heavy (non-hydrogen) atoms. The summed E-state index contributed by atoms with van der Waals surface area (Å²) in [5.74, 6) is -1.61. The zero-order valence-electron chi connectivity index (χ0n) is 22.2. The first-order valence-corrected chi connectivity index (χ1v) is 11.3. The third kappa shape index (κ3) is 16.3. The summed E-state index contributed by atoms with van der Waals surface area (Å²) in [5.41, 5.74) is 0.293. The van der Waals surface area contributed by atoms with Crippen LogP contribution in [0, 0.1) is 5.92 Å². The third-order valence-corrected chi connectivity index (χ3v) is 5.27. The molecule has 0 bridgehead atoms. The fourth-order valence-corrected chi connectivity index (χ4v) is 3.52. The minimum absolute atomic E-state index is 0. The van der Waals surface area contributed by atoms with E-state index in [0.717, 1.165) is 25.3 Å². The summed E-state index contributed by atoms with van der Waals surface area (Å²) in [6, 6.07) is 4.37. The summed E-state index contributed by atoms with van der Waals surface area (Å²) in [4.78, 5) is 22.3. The molecular weight excluding hydrogens is 412 g/mol. The van der Waals surface area contributed by atoms with Gasteiger partial charge in [-0.25, -0.2) is 9.59 Å². The van der Waals surface area contributed by atoms with Gasteiger partial charge in [-0.15, -0.1) is 0 Å². The van der Waals surface area contributed by atoms with Crippen molar-refractivity contribution in [3.05, 3.63) is 29.3 Å². The van der Waals surface area contributed by atoms with Gasteiger partial charge in [-0.1, -0.05) is 84.5 Å². The maximum atomic E-state index is 11.2. The van der Waals surface area contributed by atoms with E-state index in [-0.39, 0.29) is 73.1 Å². The van der Waals surface area contributed by atoms with E-state index in [9.17, 15) is 9.59 Å². The van der Waals surface area contributed by atoms with Crippen molar-refractivity contribution in [2.75, 3.05) is 11.9 Å². The van der Waals surface area contributed by atoms with Crippen LogP contribution in [0.5, 0.6) is 0 Å². The largest absolute Gasteiger partial charge is 1.00 e. The number of rotatable bonds is 17. The summed E-state index contributed by atoms with van der Waals surface area (Å²) in [6.07, 6.45) is 15.6. The molecule has 168 valence electrons. The molecule has 7 heteroatoms. The van der Waals surface area contributed by atoms with Crippen LogP contribution in [0.3, 0.4) is 0 Å². The average molecular weight is 454 g/mol. The van der Waals surface area contributed by atoms with Crippen molar-refractivity contribution < 1.29 is 81.8 Å². The fraction of sp³-hybridized carbons (Fsp3) is 0.667. The number of hydrogen-bond acceptors (Lipinski definition) is 3. The Morgan fingerprint density at radius 2 is 1.23 bits per heavy atom. The summed E-state index contributed by atoms with van der Waals surface area (Å²) >= 11 is 0. The number of hydrogen-bond donors (Lipinski definition) is 3. The molecule has 0 unspecified atom stereocenters. The second-order valence-corrected chi connectivity index (χ2v) is 8.37. The number of nitrogens with one attached hydrogen (secondary N) is 1. The van der Waals surface area contributed by atoms with Crippen LogP contribution in [-0.4, -0.2) is 28.7 Å². The second-order valence-electron chi connectivity index (χ2n) is 8.37. The summed E-state index contributed by atoms with van der Waals surface area (Å²) < 4.78 is 0. The van der Waals surface area contributed by atoms with E-state index in [0.29, 0.717) is 5.69 Å².